The normalized spacial score (nSPS) is 16.3. The molecular formula is C20H29N5O3S2. The third-order valence-corrected chi connectivity index (χ3v) is 7.73. The fourth-order valence-electron chi connectivity index (χ4n) is 3.13. The van der Waals surface area contributed by atoms with Crippen LogP contribution in [0.4, 0.5) is 10.8 Å². The second kappa shape index (κ2) is 8.99. The maximum Gasteiger partial charge on any atom is 0.270 e. The molecular weight excluding hydrogens is 422 g/mol. The number of aromatic nitrogens is 2. The van der Waals surface area contributed by atoms with Gasteiger partial charge in [-0.1, -0.05) is 44.2 Å². The van der Waals surface area contributed by atoms with Gasteiger partial charge in [0.05, 0.1) is 0 Å². The molecule has 0 saturated carbocycles. The molecule has 8 nitrogen and oxygen atoms in total. The van der Waals surface area contributed by atoms with Gasteiger partial charge >= 0.3 is 0 Å². The van der Waals surface area contributed by atoms with Crippen molar-refractivity contribution in [2.45, 2.75) is 57.3 Å². The number of nitrogens with one attached hydrogen (secondary N) is 2. The second-order valence-corrected chi connectivity index (χ2v) is 11.4. The maximum atomic E-state index is 12.7. The van der Waals surface area contributed by atoms with Crippen LogP contribution in [0, 0.1) is 5.41 Å². The fourth-order valence-corrected chi connectivity index (χ4v) is 5.27. The lowest BCUT2D eigenvalue weighted by molar-refractivity contribution is -0.123. The lowest BCUT2D eigenvalue weighted by Gasteiger charge is -2.29. The topological polar surface area (TPSA) is 104 Å². The van der Waals surface area contributed by atoms with E-state index < -0.39 is 21.5 Å². The van der Waals surface area contributed by atoms with E-state index in [9.17, 15) is 13.2 Å². The number of nitrogens with zero attached hydrogens (tertiary/aromatic N) is 3. The molecule has 0 spiro atoms. The van der Waals surface area contributed by atoms with E-state index in [2.05, 4.69) is 25.1 Å². The predicted octanol–water partition coefficient (Wildman–Crippen LogP) is 3.55. The number of sulfonamides is 1. The Bertz CT molecular complexity index is 975. The Morgan fingerprint density at radius 2 is 1.73 bits per heavy atom. The van der Waals surface area contributed by atoms with E-state index in [1.165, 1.54) is 19.3 Å². The van der Waals surface area contributed by atoms with Crippen molar-refractivity contribution in [1.29, 1.82) is 0 Å². The summed E-state index contributed by atoms with van der Waals surface area (Å²) < 4.78 is 27.9. The van der Waals surface area contributed by atoms with Gasteiger partial charge in [-0.15, -0.1) is 10.2 Å². The summed E-state index contributed by atoms with van der Waals surface area (Å²) in [6, 6.07) is 7.55. The lowest BCUT2D eigenvalue weighted by Crippen LogP contribution is -2.29. The summed E-state index contributed by atoms with van der Waals surface area (Å²) in [5, 5.41) is 10.3. The van der Waals surface area contributed by atoms with E-state index in [0.717, 1.165) is 35.7 Å². The number of amides is 1. The maximum absolute atomic E-state index is 12.7. The molecule has 1 fully saturated rings. The van der Waals surface area contributed by atoms with Crippen LogP contribution in [0.5, 0.6) is 0 Å². The highest BCUT2D eigenvalue weighted by molar-refractivity contribution is 7.91. The van der Waals surface area contributed by atoms with Crippen molar-refractivity contribution in [3.05, 3.63) is 29.8 Å². The van der Waals surface area contributed by atoms with Crippen molar-refractivity contribution in [3.63, 3.8) is 0 Å². The van der Waals surface area contributed by atoms with Crippen LogP contribution in [0.25, 0.3) is 0 Å². The molecule has 3 rings (SSSR count). The number of anilines is 2. The third-order valence-electron chi connectivity index (χ3n) is 4.98. The Kier molecular flexibility index (Phi) is 6.78. The van der Waals surface area contributed by atoms with E-state index in [1.54, 1.807) is 27.7 Å². The van der Waals surface area contributed by atoms with E-state index in [0.29, 0.717) is 0 Å². The van der Waals surface area contributed by atoms with Gasteiger partial charge in [0.1, 0.15) is 0 Å². The van der Waals surface area contributed by atoms with Gasteiger partial charge < -0.3 is 10.2 Å². The number of carbonyl (C=O) groups excluding carboxylic acids is 1. The average Bonchev–Trinajstić information content (AvgIpc) is 3.17. The Hall–Kier alpha value is -2.04. The van der Waals surface area contributed by atoms with E-state index in [4.69, 9.17) is 0 Å². The largest absolute Gasteiger partial charge is 0.372 e. The predicted molar refractivity (Wildman–Crippen MR) is 119 cm³/mol. The molecule has 10 heteroatoms. The average molecular weight is 452 g/mol. The molecule has 1 aliphatic rings. The number of rotatable bonds is 6. The molecule has 1 aromatic heterocycles. The summed E-state index contributed by atoms with van der Waals surface area (Å²) in [5.74, 6) is -0.252. The van der Waals surface area contributed by atoms with Crippen molar-refractivity contribution in [3.8, 4) is 0 Å². The van der Waals surface area contributed by atoms with Gasteiger partial charge in [0, 0.05) is 30.2 Å². The highest BCUT2D eigenvalue weighted by atomic mass is 32.2. The van der Waals surface area contributed by atoms with Gasteiger partial charge in [-0.05, 0) is 43.9 Å². The monoisotopic (exact) mass is 451 g/mol. The summed E-state index contributed by atoms with van der Waals surface area (Å²) in [6.45, 7) is 9.21. The van der Waals surface area contributed by atoms with Crippen molar-refractivity contribution < 1.29 is 13.2 Å². The standard InChI is InChI=1S/C20H29N5O3S2/c1-14(15-8-10-16(11-9-15)25-12-6-5-7-13-25)24-30(27,28)19-23-22-18(29-19)21-17(26)20(2,3)4/h8-11,14,24H,5-7,12-13H2,1-4H3,(H,21,22,26)/t14-/m1/s1. The number of hydrogen-bond acceptors (Lipinski definition) is 7. The van der Waals surface area contributed by atoms with Crippen LogP contribution in [-0.4, -0.2) is 37.6 Å². The molecule has 0 unspecified atom stereocenters. The Labute approximate surface area is 182 Å². The second-order valence-electron chi connectivity index (χ2n) is 8.56. The molecule has 1 atom stereocenters. The molecule has 1 aliphatic heterocycles. The number of piperidine rings is 1. The fraction of sp³-hybridized carbons (Fsp3) is 0.550. The molecule has 2 aromatic rings. The Morgan fingerprint density at radius 3 is 2.33 bits per heavy atom. The summed E-state index contributed by atoms with van der Waals surface area (Å²) in [5.41, 5.74) is 1.42. The van der Waals surface area contributed by atoms with Gasteiger partial charge in [0.15, 0.2) is 0 Å². The van der Waals surface area contributed by atoms with Crippen LogP contribution < -0.4 is 14.9 Å². The van der Waals surface area contributed by atoms with Gasteiger partial charge in [0.25, 0.3) is 10.0 Å². The molecule has 1 saturated heterocycles. The molecule has 1 amide bonds. The zero-order valence-electron chi connectivity index (χ0n) is 17.8. The van der Waals surface area contributed by atoms with Gasteiger partial charge in [-0.25, -0.2) is 13.1 Å². The SMILES string of the molecule is C[C@@H](NS(=O)(=O)c1nnc(NC(=O)C(C)(C)C)s1)c1ccc(N2CCCCC2)cc1. The van der Waals surface area contributed by atoms with Gasteiger partial charge in [-0.2, -0.15) is 0 Å². The number of benzene rings is 1. The van der Waals surface area contributed by atoms with Crippen LogP contribution in [0.3, 0.4) is 0 Å². The molecule has 2 N–H and O–H groups in total. The summed E-state index contributed by atoms with van der Waals surface area (Å²) in [7, 11) is -3.86. The summed E-state index contributed by atoms with van der Waals surface area (Å²) >= 11 is 0.831. The first-order valence-corrected chi connectivity index (χ1v) is 12.4. The van der Waals surface area contributed by atoms with Crippen molar-refractivity contribution in [2.75, 3.05) is 23.3 Å². The zero-order valence-corrected chi connectivity index (χ0v) is 19.4. The molecule has 2 heterocycles. The van der Waals surface area contributed by atoms with E-state index in [-0.39, 0.29) is 15.4 Å². The summed E-state index contributed by atoms with van der Waals surface area (Å²) in [6.07, 6.45) is 3.69. The smallest absolute Gasteiger partial charge is 0.270 e. The molecule has 164 valence electrons. The van der Waals surface area contributed by atoms with Crippen LogP contribution in [0.15, 0.2) is 28.6 Å². The van der Waals surface area contributed by atoms with Crippen LogP contribution in [0.2, 0.25) is 0 Å². The molecule has 0 aliphatic carbocycles. The Morgan fingerprint density at radius 1 is 1.10 bits per heavy atom. The molecule has 0 bridgehead atoms. The van der Waals surface area contributed by atoms with Crippen molar-refractivity contribution in [1.82, 2.24) is 14.9 Å². The molecule has 30 heavy (non-hydrogen) atoms. The minimum absolute atomic E-state index is 0.161. The summed E-state index contributed by atoms with van der Waals surface area (Å²) in [4.78, 5) is 14.4. The van der Waals surface area contributed by atoms with Gasteiger partial charge in [0.2, 0.25) is 15.4 Å². The number of hydrogen-bond donors (Lipinski definition) is 2. The minimum Gasteiger partial charge on any atom is -0.372 e. The van der Waals surface area contributed by atoms with Crippen LogP contribution in [-0.2, 0) is 14.8 Å². The van der Waals surface area contributed by atoms with Crippen LogP contribution in [0.1, 0.15) is 58.6 Å². The lowest BCUT2D eigenvalue weighted by atomic mass is 9.96. The van der Waals surface area contributed by atoms with E-state index in [1.807, 2.05) is 24.3 Å². The van der Waals surface area contributed by atoms with Gasteiger partial charge in [-0.3, -0.25) is 4.79 Å². The quantitative estimate of drug-likeness (QED) is 0.651. The first kappa shape index (κ1) is 22.6. The third kappa shape index (κ3) is 5.55. The Balaban J connectivity index is 1.65. The highest BCUT2D eigenvalue weighted by Crippen LogP contribution is 2.26. The molecule has 1 aromatic carbocycles. The van der Waals surface area contributed by atoms with Crippen LogP contribution >= 0.6 is 11.3 Å². The molecule has 0 radical (unpaired) electrons. The zero-order chi connectivity index (χ0) is 21.9. The van der Waals surface area contributed by atoms with Crippen molar-refractivity contribution >= 4 is 38.1 Å². The number of carbonyl (C=O) groups is 1. The minimum atomic E-state index is -3.86. The van der Waals surface area contributed by atoms with E-state index >= 15 is 0 Å². The van der Waals surface area contributed by atoms with Crippen molar-refractivity contribution in [2.24, 2.45) is 5.41 Å². The first-order valence-electron chi connectivity index (χ1n) is 10.1. The first-order chi connectivity index (χ1) is 14.1. The highest BCUT2D eigenvalue weighted by Gasteiger charge is 2.26.